The Labute approximate surface area is 174 Å². The standard InChI is InChI=1S/C23H26N2O3S/c1-3-16-7-9-17(10-8-16)19-13-29-22-21(19)23(27)25(14-24-22)12-20(26)28-18-6-4-5-15(2)11-18/h7-10,13-15,18H,3-6,11-12H2,1-2H3/t15-,18-/m0/s1. The van der Waals surface area contributed by atoms with Gasteiger partial charge in [0.2, 0.25) is 0 Å². The van der Waals surface area contributed by atoms with Crippen LogP contribution in [0.4, 0.5) is 0 Å². The predicted octanol–water partition coefficient (Wildman–Crippen LogP) is 4.81. The van der Waals surface area contributed by atoms with Crippen LogP contribution in [0.2, 0.25) is 0 Å². The van der Waals surface area contributed by atoms with Crippen molar-refractivity contribution in [2.24, 2.45) is 5.92 Å². The molecule has 29 heavy (non-hydrogen) atoms. The normalized spacial score (nSPS) is 19.4. The second-order valence-electron chi connectivity index (χ2n) is 7.94. The Hall–Kier alpha value is -2.47. The maximum Gasteiger partial charge on any atom is 0.326 e. The lowest BCUT2D eigenvalue weighted by Crippen LogP contribution is -2.30. The Kier molecular flexibility index (Phi) is 5.81. The Morgan fingerprint density at radius 1 is 1.28 bits per heavy atom. The lowest BCUT2D eigenvalue weighted by Gasteiger charge is -2.26. The number of hydrogen-bond donors (Lipinski definition) is 0. The van der Waals surface area contributed by atoms with Crippen LogP contribution in [0, 0.1) is 5.92 Å². The first-order chi connectivity index (χ1) is 14.0. The predicted molar refractivity (Wildman–Crippen MR) is 116 cm³/mol. The van der Waals surface area contributed by atoms with Gasteiger partial charge in [-0.25, -0.2) is 4.98 Å². The average molecular weight is 411 g/mol. The van der Waals surface area contributed by atoms with Crippen molar-refractivity contribution in [1.82, 2.24) is 9.55 Å². The number of nitrogens with zero attached hydrogens (tertiary/aromatic N) is 2. The SMILES string of the molecule is CCc1ccc(-c2csc3ncn(CC(=O)O[C@H]4CCC[C@H](C)C4)c(=O)c23)cc1. The number of aromatic nitrogens is 2. The molecule has 1 aliphatic rings. The topological polar surface area (TPSA) is 61.2 Å². The van der Waals surface area contributed by atoms with Gasteiger partial charge < -0.3 is 4.74 Å². The van der Waals surface area contributed by atoms with Crippen molar-refractivity contribution in [1.29, 1.82) is 0 Å². The van der Waals surface area contributed by atoms with E-state index < -0.39 is 0 Å². The molecule has 0 bridgehead atoms. The minimum atomic E-state index is -0.364. The van der Waals surface area contributed by atoms with Crippen LogP contribution in [0.3, 0.4) is 0 Å². The van der Waals surface area contributed by atoms with Gasteiger partial charge >= 0.3 is 5.97 Å². The fourth-order valence-electron chi connectivity index (χ4n) is 4.06. The first kappa shape index (κ1) is 19.8. The second kappa shape index (κ2) is 8.49. The van der Waals surface area contributed by atoms with Gasteiger partial charge in [-0.1, -0.05) is 44.5 Å². The van der Waals surface area contributed by atoms with Gasteiger partial charge in [0.1, 0.15) is 17.5 Å². The molecule has 152 valence electrons. The van der Waals surface area contributed by atoms with Gasteiger partial charge in [0.05, 0.1) is 11.7 Å². The molecule has 2 heterocycles. The zero-order chi connectivity index (χ0) is 20.4. The third kappa shape index (κ3) is 4.27. The first-order valence-corrected chi connectivity index (χ1v) is 11.2. The molecule has 0 unspecified atom stereocenters. The van der Waals surface area contributed by atoms with Crippen molar-refractivity contribution in [3.63, 3.8) is 0 Å². The highest BCUT2D eigenvalue weighted by Crippen LogP contribution is 2.31. The molecule has 1 aromatic carbocycles. The number of carbonyl (C=O) groups excluding carboxylic acids is 1. The summed E-state index contributed by atoms with van der Waals surface area (Å²) in [5.74, 6) is 0.214. The Morgan fingerprint density at radius 2 is 2.07 bits per heavy atom. The summed E-state index contributed by atoms with van der Waals surface area (Å²) in [5, 5.41) is 2.53. The van der Waals surface area contributed by atoms with E-state index in [0.717, 1.165) is 36.8 Å². The minimum Gasteiger partial charge on any atom is -0.461 e. The van der Waals surface area contributed by atoms with E-state index >= 15 is 0 Å². The summed E-state index contributed by atoms with van der Waals surface area (Å²) in [5.41, 5.74) is 2.92. The van der Waals surface area contributed by atoms with Crippen molar-refractivity contribution in [3.8, 4) is 11.1 Å². The maximum absolute atomic E-state index is 13.1. The summed E-state index contributed by atoms with van der Waals surface area (Å²) in [7, 11) is 0. The third-order valence-electron chi connectivity index (χ3n) is 5.72. The second-order valence-corrected chi connectivity index (χ2v) is 8.80. The van der Waals surface area contributed by atoms with Crippen LogP contribution in [0.1, 0.15) is 45.1 Å². The van der Waals surface area contributed by atoms with Crippen LogP contribution in [0.25, 0.3) is 21.3 Å². The number of hydrogen-bond acceptors (Lipinski definition) is 5. The summed E-state index contributed by atoms with van der Waals surface area (Å²) in [6.07, 6.45) is 6.48. The van der Waals surface area contributed by atoms with E-state index in [-0.39, 0.29) is 24.2 Å². The molecule has 2 aromatic heterocycles. The molecule has 0 saturated heterocycles. The monoisotopic (exact) mass is 410 g/mol. The largest absolute Gasteiger partial charge is 0.461 e. The van der Waals surface area contributed by atoms with E-state index in [9.17, 15) is 9.59 Å². The van der Waals surface area contributed by atoms with E-state index in [1.165, 1.54) is 34.2 Å². The van der Waals surface area contributed by atoms with Crippen LogP contribution in [-0.2, 0) is 22.5 Å². The fourth-order valence-corrected chi connectivity index (χ4v) is 4.97. The Morgan fingerprint density at radius 3 is 2.79 bits per heavy atom. The summed E-state index contributed by atoms with van der Waals surface area (Å²) >= 11 is 1.45. The van der Waals surface area contributed by atoms with Gasteiger partial charge in [0.15, 0.2) is 0 Å². The molecule has 1 fully saturated rings. The molecular formula is C23H26N2O3S. The number of esters is 1. The van der Waals surface area contributed by atoms with E-state index in [1.807, 2.05) is 17.5 Å². The molecule has 0 aliphatic heterocycles. The highest BCUT2D eigenvalue weighted by atomic mass is 32.1. The highest BCUT2D eigenvalue weighted by Gasteiger charge is 2.23. The summed E-state index contributed by atoms with van der Waals surface area (Å²) in [6, 6.07) is 8.23. The van der Waals surface area contributed by atoms with Crippen molar-refractivity contribution in [2.45, 2.75) is 58.6 Å². The number of ether oxygens (including phenoxy) is 1. The number of fused-ring (bicyclic) bond motifs is 1. The van der Waals surface area contributed by atoms with Gasteiger partial charge in [-0.15, -0.1) is 11.3 Å². The fraction of sp³-hybridized carbons (Fsp3) is 0.435. The smallest absolute Gasteiger partial charge is 0.326 e. The quantitative estimate of drug-likeness (QED) is 0.567. The zero-order valence-corrected chi connectivity index (χ0v) is 17.7. The molecular weight excluding hydrogens is 384 g/mol. The first-order valence-electron chi connectivity index (χ1n) is 10.3. The molecule has 1 aliphatic carbocycles. The lowest BCUT2D eigenvalue weighted by atomic mass is 9.89. The van der Waals surface area contributed by atoms with Crippen molar-refractivity contribution < 1.29 is 9.53 Å². The van der Waals surface area contributed by atoms with E-state index in [4.69, 9.17) is 4.74 Å². The third-order valence-corrected chi connectivity index (χ3v) is 6.61. The molecule has 6 heteroatoms. The molecule has 0 amide bonds. The van der Waals surface area contributed by atoms with Gasteiger partial charge in [0.25, 0.3) is 5.56 Å². The number of rotatable bonds is 5. The zero-order valence-electron chi connectivity index (χ0n) is 16.9. The number of aryl methyl sites for hydroxylation is 1. The van der Waals surface area contributed by atoms with E-state index in [1.54, 1.807) is 0 Å². The molecule has 2 atom stereocenters. The molecule has 0 N–H and O–H groups in total. The molecule has 3 aromatic rings. The van der Waals surface area contributed by atoms with Gasteiger partial charge in [-0.2, -0.15) is 0 Å². The van der Waals surface area contributed by atoms with E-state index in [2.05, 4.69) is 31.0 Å². The van der Waals surface area contributed by atoms with Crippen LogP contribution >= 0.6 is 11.3 Å². The minimum absolute atomic E-state index is 0.0348. The summed E-state index contributed by atoms with van der Waals surface area (Å²) in [4.78, 5) is 30.6. The van der Waals surface area contributed by atoms with Gasteiger partial charge in [-0.3, -0.25) is 14.2 Å². The number of carbonyl (C=O) groups is 1. The molecule has 0 spiro atoms. The van der Waals surface area contributed by atoms with Crippen LogP contribution in [0.15, 0.2) is 40.8 Å². The number of thiophene rings is 1. The Bertz CT molecular complexity index is 1070. The Balaban J connectivity index is 1.58. The van der Waals surface area contributed by atoms with Crippen LogP contribution < -0.4 is 5.56 Å². The average Bonchev–Trinajstić information content (AvgIpc) is 3.15. The van der Waals surface area contributed by atoms with Crippen molar-refractivity contribution in [3.05, 3.63) is 51.9 Å². The summed E-state index contributed by atoms with van der Waals surface area (Å²) < 4.78 is 7.00. The summed E-state index contributed by atoms with van der Waals surface area (Å²) in [6.45, 7) is 4.20. The van der Waals surface area contributed by atoms with Crippen molar-refractivity contribution >= 4 is 27.5 Å². The van der Waals surface area contributed by atoms with Gasteiger partial charge in [-0.05, 0) is 42.7 Å². The molecule has 1 saturated carbocycles. The van der Waals surface area contributed by atoms with Crippen LogP contribution in [0.5, 0.6) is 0 Å². The van der Waals surface area contributed by atoms with E-state index in [0.29, 0.717) is 16.1 Å². The maximum atomic E-state index is 13.1. The number of benzene rings is 1. The van der Waals surface area contributed by atoms with Crippen molar-refractivity contribution in [2.75, 3.05) is 0 Å². The lowest BCUT2D eigenvalue weighted by molar-refractivity contribution is -0.152. The molecule has 4 rings (SSSR count). The highest BCUT2D eigenvalue weighted by molar-refractivity contribution is 7.17. The molecule has 0 radical (unpaired) electrons. The molecule has 5 nitrogen and oxygen atoms in total. The van der Waals surface area contributed by atoms with Gasteiger partial charge in [0, 0.05) is 10.9 Å². The van der Waals surface area contributed by atoms with Crippen LogP contribution in [-0.4, -0.2) is 21.6 Å².